The molecule has 0 spiro atoms. The van der Waals surface area contributed by atoms with Crippen molar-refractivity contribution >= 4 is 28.5 Å². The highest BCUT2D eigenvalue weighted by atomic mass is 35.5. The van der Waals surface area contributed by atoms with E-state index in [1.165, 1.54) is 0 Å². The third kappa shape index (κ3) is 4.10. The Morgan fingerprint density at radius 1 is 1.28 bits per heavy atom. The van der Waals surface area contributed by atoms with Gasteiger partial charge in [-0.05, 0) is 62.1 Å². The van der Waals surface area contributed by atoms with Crippen LogP contribution in [-0.4, -0.2) is 33.5 Å². The third-order valence-corrected chi connectivity index (χ3v) is 5.99. The fraction of sp³-hybridized carbons (Fsp3) is 0.391. The summed E-state index contributed by atoms with van der Waals surface area (Å²) < 4.78 is 8.18. The van der Waals surface area contributed by atoms with Crippen LogP contribution in [0, 0.1) is 6.92 Å². The van der Waals surface area contributed by atoms with Crippen molar-refractivity contribution in [1.29, 1.82) is 0 Å². The molecule has 152 valence electrons. The van der Waals surface area contributed by atoms with Crippen molar-refractivity contribution < 1.29 is 9.53 Å². The average Bonchev–Trinajstić information content (AvgIpc) is 3.32. The number of nitrogens with zero attached hydrogens (tertiary/aromatic N) is 3. The van der Waals surface area contributed by atoms with E-state index in [0.717, 1.165) is 65.5 Å². The molecule has 2 heterocycles. The number of amides is 1. The number of halogens is 1. The van der Waals surface area contributed by atoms with E-state index in [-0.39, 0.29) is 11.9 Å². The van der Waals surface area contributed by atoms with Gasteiger partial charge in [-0.3, -0.25) is 4.79 Å². The highest BCUT2D eigenvalue weighted by molar-refractivity contribution is 6.31. The summed E-state index contributed by atoms with van der Waals surface area (Å²) in [6.45, 7) is 5.83. The molecule has 1 aliphatic heterocycles. The quantitative estimate of drug-likeness (QED) is 0.527. The zero-order chi connectivity index (χ0) is 20.4. The summed E-state index contributed by atoms with van der Waals surface area (Å²) in [6, 6.07) is 14.0. The van der Waals surface area contributed by atoms with Crippen molar-refractivity contribution in [2.45, 2.75) is 45.7 Å². The van der Waals surface area contributed by atoms with Gasteiger partial charge in [0.15, 0.2) is 0 Å². The van der Waals surface area contributed by atoms with E-state index in [1.54, 1.807) is 6.92 Å². The van der Waals surface area contributed by atoms with Crippen LogP contribution in [0.25, 0.3) is 11.0 Å². The van der Waals surface area contributed by atoms with E-state index in [4.69, 9.17) is 21.3 Å². The highest BCUT2D eigenvalue weighted by Gasteiger charge is 2.32. The Morgan fingerprint density at radius 3 is 2.90 bits per heavy atom. The molecule has 6 heteroatoms. The molecule has 1 saturated heterocycles. The zero-order valence-electron chi connectivity index (χ0n) is 16.9. The fourth-order valence-corrected chi connectivity index (χ4v) is 4.23. The molecule has 0 radical (unpaired) electrons. The molecule has 5 nitrogen and oxygen atoms in total. The summed E-state index contributed by atoms with van der Waals surface area (Å²) in [4.78, 5) is 18.9. The molecular weight excluding hydrogens is 386 g/mol. The number of fused-ring (bicyclic) bond motifs is 1. The number of aromatic nitrogens is 2. The Labute approximate surface area is 176 Å². The van der Waals surface area contributed by atoms with Crippen LogP contribution in [0.4, 0.5) is 0 Å². The predicted molar refractivity (Wildman–Crippen MR) is 115 cm³/mol. The lowest BCUT2D eigenvalue weighted by Gasteiger charge is -2.24. The summed E-state index contributed by atoms with van der Waals surface area (Å²) in [7, 11) is 0. The number of benzene rings is 2. The van der Waals surface area contributed by atoms with Gasteiger partial charge < -0.3 is 14.2 Å². The molecule has 1 amide bonds. The van der Waals surface area contributed by atoms with Crippen LogP contribution in [0.2, 0.25) is 5.02 Å². The molecule has 1 fully saturated rings. The molecule has 0 N–H and O–H groups in total. The number of ether oxygens (including phenoxy) is 1. The van der Waals surface area contributed by atoms with E-state index < -0.39 is 0 Å². The second-order valence-electron chi connectivity index (χ2n) is 7.59. The molecule has 1 aromatic heterocycles. The van der Waals surface area contributed by atoms with Gasteiger partial charge in [-0.2, -0.15) is 0 Å². The minimum absolute atomic E-state index is 0.0553. The van der Waals surface area contributed by atoms with E-state index in [0.29, 0.717) is 6.61 Å². The number of hydrogen-bond donors (Lipinski definition) is 0. The van der Waals surface area contributed by atoms with Gasteiger partial charge in [0.1, 0.15) is 11.6 Å². The summed E-state index contributed by atoms with van der Waals surface area (Å²) in [5.74, 6) is 1.94. The van der Waals surface area contributed by atoms with Gasteiger partial charge >= 0.3 is 0 Å². The van der Waals surface area contributed by atoms with Crippen molar-refractivity contribution in [3.63, 3.8) is 0 Å². The molecule has 3 aromatic rings. The molecule has 1 unspecified atom stereocenters. The van der Waals surface area contributed by atoms with Gasteiger partial charge in [0.2, 0.25) is 5.91 Å². The number of likely N-dealkylation sites (tertiary alicyclic amines) is 1. The van der Waals surface area contributed by atoms with Crippen LogP contribution in [-0.2, 0) is 11.3 Å². The van der Waals surface area contributed by atoms with Crippen molar-refractivity contribution in [2.24, 2.45) is 0 Å². The first-order valence-corrected chi connectivity index (χ1v) is 10.5. The van der Waals surface area contributed by atoms with Gasteiger partial charge in [-0.1, -0.05) is 23.7 Å². The minimum atomic E-state index is 0.0553. The first-order chi connectivity index (χ1) is 14.0. The van der Waals surface area contributed by atoms with Crippen LogP contribution in [0.15, 0.2) is 42.5 Å². The van der Waals surface area contributed by atoms with E-state index in [1.807, 2.05) is 48.2 Å². The third-order valence-electron chi connectivity index (χ3n) is 5.56. The molecule has 4 rings (SSSR count). The molecule has 2 aromatic carbocycles. The molecule has 0 aliphatic carbocycles. The number of hydrogen-bond acceptors (Lipinski definition) is 3. The van der Waals surface area contributed by atoms with Crippen molar-refractivity contribution in [1.82, 2.24) is 14.5 Å². The second kappa shape index (κ2) is 8.46. The smallest absolute Gasteiger partial charge is 0.220 e. The Balaban J connectivity index is 1.51. The van der Waals surface area contributed by atoms with Gasteiger partial charge in [-0.15, -0.1) is 0 Å². The normalized spacial score (nSPS) is 16.5. The SMILES string of the molecule is CC(=O)N1CCCC1c1nc2ccccc2n1CCCOc1ccc(Cl)c(C)c1. The van der Waals surface area contributed by atoms with Gasteiger partial charge in [0.05, 0.1) is 23.7 Å². The topological polar surface area (TPSA) is 47.4 Å². The summed E-state index contributed by atoms with van der Waals surface area (Å²) in [6.07, 6.45) is 2.83. The van der Waals surface area contributed by atoms with Gasteiger partial charge in [-0.25, -0.2) is 4.98 Å². The fourth-order valence-electron chi connectivity index (χ4n) is 4.12. The maximum absolute atomic E-state index is 12.1. The Morgan fingerprint density at radius 2 is 2.10 bits per heavy atom. The highest BCUT2D eigenvalue weighted by Crippen LogP contribution is 2.33. The van der Waals surface area contributed by atoms with Crippen LogP contribution in [0.1, 0.15) is 43.6 Å². The molecule has 1 atom stereocenters. The summed E-state index contributed by atoms with van der Waals surface area (Å²) >= 11 is 6.08. The molecular formula is C23H26ClN3O2. The number of para-hydroxylation sites is 2. The predicted octanol–water partition coefficient (Wildman–Crippen LogP) is 5.15. The average molecular weight is 412 g/mol. The Bertz CT molecular complexity index is 1030. The largest absolute Gasteiger partial charge is 0.494 e. The van der Waals surface area contributed by atoms with Crippen LogP contribution in [0.3, 0.4) is 0 Å². The maximum Gasteiger partial charge on any atom is 0.220 e. The summed E-state index contributed by atoms with van der Waals surface area (Å²) in [5.41, 5.74) is 3.10. The monoisotopic (exact) mass is 411 g/mol. The van der Waals surface area contributed by atoms with Crippen LogP contribution >= 0.6 is 11.6 Å². The van der Waals surface area contributed by atoms with Crippen LogP contribution < -0.4 is 4.74 Å². The Kier molecular flexibility index (Phi) is 5.76. The molecule has 0 bridgehead atoms. The lowest BCUT2D eigenvalue weighted by molar-refractivity contribution is -0.129. The zero-order valence-corrected chi connectivity index (χ0v) is 17.7. The van der Waals surface area contributed by atoms with Crippen molar-refractivity contribution in [3.05, 3.63) is 58.9 Å². The first kappa shape index (κ1) is 19.8. The second-order valence-corrected chi connectivity index (χ2v) is 8.00. The van der Waals surface area contributed by atoms with Crippen molar-refractivity contribution in [2.75, 3.05) is 13.2 Å². The lowest BCUT2D eigenvalue weighted by Crippen LogP contribution is -2.30. The summed E-state index contributed by atoms with van der Waals surface area (Å²) in [5, 5.41) is 0.749. The standard InChI is InChI=1S/C23H26ClN3O2/c1-16-15-18(10-11-19(16)24)29-14-6-13-27-21-8-4-3-7-20(21)25-23(27)22-9-5-12-26(22)17(2)28/h3-4,7-8,10-11,15,22H,5-6,9,12-14H2,1-2H3. The van der Waals surface area contributed by atoms with Crippen LogP contribution in [0.5, 0.6) is 5.75 Å². The van der Waals surface area contributed by atoms with Crippen molar-refractivity contribution in [3.8, 4) is 5.75 Å². The lowest BCUT2D eigenvalue weighted by atomic mass is 10.2. The maximum atomic E-state index is 12.1. The number of imidazole rings is 1. The Hall–Kier alpha value is -2.53. The minimum Gasteiger partial charge on any atom is -0.494 e. The van der Waals surface area contributed by atoms with E-state index in [9.17, 15) is 4.79 Å². The molecule has 0 saturated carbocycles. The van der Waals surface area contributed by atoms with Gasteiger partial charge in [0.25, 0.3) is 0 Å². The molecule has 29 heavy (non-hydrogen) atoms. The number of carbonyl (C=O) groups excluding carboxylic acids is 1. The van der Waals surface area contributed by atoms with E-state index >= 15 is 0 Å². The van der Waals surface area contributed by atoms with E-state index in [2.05, 4.69) is 10.6 Å². The number of rotatable bonds is 6. The number of aryl methyl sites for hydroxylation is 2. The number of carbonyl (C=O) groups is 1. The molecule has 1 aliphatic rings. The first-order valence-electron chi connectivity index (χ1n) is 10.2. The van der Waals surface area contributed by atoms with Gasteiger partial charge in [0, 0.05) is 25.0 Å².